The second-order valence-corrected chi connectivity index (χ2v) is 3.45. The van der Waals surface area contributed by atoms with Gasteiger partial charge in [-0.3, -0.25) is 0 Å². The molecule has 0 saturated heterocycles. The second kappa shape index (κ2) is 7.92. The number of rotatable bonds is 7. The van der Waals surface area contributed by atoms with E-state index in [1.807, 2.05) is 13.1 Å². The quantitative estimate of drug-likeness (QED) is 0.450. The second-order valence-electron chi connectivity index (χ2n) is 3.45. The molecule has 3 nitrogen and oxygen atoms in total. The molecule has 13 heavy (non-hydrogen) atoms. The molecule has 0 fully saturated rings. The predicted octanol–water partition coefficient (Wildman–Crippen LogP) is 2.27. The minimum atomic E-state index is 0.808. The number of nitrogens with zero attached hydrogens (tertiary/aromatic N) is 1. The van der Waals surface area contributed by atoms with E-state index in [0.29, 0.717) is 0 Å². The van der Waals surface area contributed by atoms with Crippen molar-refractivity contribution in [1.29, 1.82) is 5.53 Å². The van der Waals surface area contributed by atoms with Crippen molar-refractivity contribution in [2.75, 3.05) is 6.54 Å². The predicted molar refractivity (Wildman–Crippen MR) is 54.4 cm³/mol. The minimum Gasteiger partial charge on any atom is -0.318 e. The Hall–Kier alpha value is -0.700. The van der Waals surface area contributed by atoms with Gasteiger partial charge in [0.25, 0.3) is 0 Å². The monoisotopic (exact) mass is 184 g/mol. The lowest BCUT2D eigenvalue weighted by Crippen LogP contribution is -2.78. The Balaban J connectivity index is 3.53. The highest BCUT2D eigenvalue weighted by atomic mass is 15.0. The van der Waals surface area contributed by atoms with E-state index in [2.05, 4.69) is 24.3 Å². The fraction of sp³-hybridized carbons (Fsp3) is 0.800. The lowest BCUT2D eigenvalue weighted by Gasteiger charge is -2.04. The van der Waals surface area contributed by atoms with Crippen LogP contribution in [0.4, 0.5) is 0 Å². The lowest BCUT2D eigenvalue weighted by atomic mass is 10.1. The number of nitrogens with two attached hydrogens (primary N) is 1. The molecule has 0 radical (unpaired) electrons. The summed E-state index contributed by atoms with van der Waals surface area (Å²) in [6.45, 7) is 7.62. The van der Waals surface area contributed by atoms with E-state index in [0.717, 1.165) is 24.6 Å². The van der Waals surface area contributed by atoms with E-state index in [1.165, 1.54) is 12.8 Å². The van der Waals surface area contributed by atoms with Gasteiger partial charge in [-0.25, -0.2) is 5.53 Å². The van der Waals surface area contributed by atoms with Gasteiger partial charge in [0.1, 0.15) is 11.9 Å². The van der Waals surface area contributed by atoms with E-state index in [9.17, 15) is 0 Å². The molecule has 0 aliphatic carbocycles. The van der Waals surface area contributed by atoms with E-state index in [1.54, 1.807) is 0 Å². The van der Waals surface area contributed by atoms with Crippen molar-refractivity contribution < 1.29 is 5.32 Å². The van der Waals surface area contributed by atoms with Gasteiger partial charge in [0.15, 0.2) is 0 Å². The molecule has 3 N–H and O–H groups in total. The third kappa shape index (κ3) is 6.46. The number of quaternary nitrogens is 1. The Labute approximate surface area is 81.1 Å². The Morgan fingerprint density at radius 3 is 2.69 bits per heavy atom. The van der Waals surface area contributed by atoms with Crippen LogP contribution in [-0.4, -0.2) is 6.54 Å². The maximum absolute atomic E-state index is 6.85. The maximum atomic E-state index is 6.85. The van der Waals surface area contributed by atoms with Gasteiger partial charge in [-0.1, -0.05) is 27.2 Å². The summed E-state index contributed by atoms with van der Waals surface area (Å²) in [7, 11) is 0. The lowest BCUT2D eigenvalue weighted by molar-refractivity contribution is -0.589. The van der Waals surface area contributed by atoms with Gasteiger partial charge in [0.05, 0.1) is 6.54 Å². The third-order valence-electron chi connectivity index (χ3n) is 2.34. The standard InChI is InChI=1S/C10H21N3/c1-4-9(3)6-7-12-8-10(5-2)13-11/h8-9,11-12H,4-7H2,1-3H3/p+1/b10-8-,13-11?. The van der Waals surface area contributed by atoms with Crippen molar-refractivity contribution in [3.05, 3.63) is 11.9 Å². The van der Waals surface area contributed by atoms with Crippen molar-refractivity contribution in [3.63, 3.8) is 0 Å². The first-order chi connectivity index (χ1) is 6.24. The SMILES string of the molecule is CC/C(=C/[NH2+]CCC(C)CC)N=N. The third-order valence-corrected chi connectivity index (χ3v) is 2.34. The Morgan fingerprint density at radius 2 is 2.23 bits per heavy atom. The first kappa shape index (κ1) is 12.3. The molecule has 76 valence electrons. The van der Waals surface area contributed by atoms with Crippen LogP contribution in [0, 0.1) is 11.4 Å². The summed E-state index contributed by atoms with van der Waals surface area (Å²) in [4.78, 5) is 0. The largest absolute Gasteiger partial charge is 0.318 e. The molecule has 1 atom stereocenters. The molecule has 0 aromatic rings. The molecule has 0 aromatic heterocycles. The molecule has 0 aliphatic rings. The zero-order valence-electron chi connectivity index (χ0n) is 9.01. The number of hydrogen-bond acceptors (Lipinski definition) is 2. The fourth-order valence-electron chi connectivity index (χ4n) is 1.04. The van der Waals surface area contributed by atoms with Crippen molar-refractivity contribution in [1.82, 2.24) is 0 Å². The Kier molecular flexibility index (Phi) is 7.50. The van der Waals surface area contributed by atoms with Gasteiger partial charge in [-0.2, -0.15) is 5.11 Å². The summed E-state index contributed by atoms with van der Waals surface area (Å²) in [6.07, 6.45) is 5.31. The summed E-state index contributed by atoms with van der Waals surface area (Å²) in [5, 5.41) is 5.55. The maximum Gasteiger partial charge on any atom is 0.116 e. The van der Waals surface area contributed by atoms with E-state index >= 15 is 0 Å². The Bertz CT molecular complexity index is 164. The molecule has 0 saturated carbocycles. The van der Waals surface area contributed by atoms with Gasteiger partial charge >= 0.3 is 0 Å². The molecule has 0 amide bonds. The highest BCUT2D eigenvalue weighted by Gasteiger charge is 1.99. The van der Waals surface area contributed by atoms with Crippen LogP contribution in [-0.2, 0) is 0 Å². The first-order valence-electron chi connectivity index (χ1n) is 5.14. The van der Waals surface area contributed by atoms with E-state index < -0.39 is 0 Å². The highest BCUT2D eigenvalue weighted by Crippen LogP contribution is 2.03. The van der Waals surface area contributed by atoms with Gasteiger partial charge in [0.2, 0.25) is 0 Å². The topological polar surface area (TPSA) is 52.8 Å². The summed E-state index contributed by atoms with van der Waals surface area (Å²) in [6, 6.07) is 0. The van der Waals surface area contributed by atoms with Crippen LogP contribution in [0.5, 0.6) is 0 Å². The molecule has 0 aromatic carbocycles. The zero-order chi connectivity index (χ0) is 10.1. The van der Waals surface area contributed by atoms with Gasteiger partial charge in [-0.15, -0.1) is 0 Å². The van der Waals surface area contributed by atoms with Crippen molar-refractivity contribution in [2.45, 2.75) is 40.0 Å². The van der Waals surface area contributed by atoms with Gasteiger partial charge < -0.3 is 5.32 Å². The van der Waals surface area contributed by atoms with Crippen LogP contribution < -0.4 is 5.32 Å². The molecule has 0 spiro atoms. The van der Waals surface area contributed by atoms with E-state index in [4.69, 9.17) is 5.53 Å². The summed E-state index contributed by atoms with van der Waals surface area (Å²) in [5.41, 5.74) is 7.72. The summed E-state index contributed by atoms with van der Waals surface area (Å²) in [5.74, 6) is 0.808. The molecule has 1 unspecified atom stereocenters. The fourth-order valence-corrected chi connectivity index (χ4v) is 1.04. The average Bonchev–Trinajstić information content (AvgIpc) is 2.18. The van der Waals surface area contributed by atoms with E-state index in [-0.39, 0.29) is 0 Å². The molecular formula is C10H22N3+. The van der Waals surface area contributed by atoms with Gasteiger partial charge in [-0.05, 0) is 18.8 Å². The summed E-state index contributed by atoms with van der Waals surface area (Å²) >= 11 is 0. The number of hydrogen-bond donors (Lipinski definition) is 2. The van der Waals surface area contributed by atoms with Gasteiger partial charge in [0, 0.05) is 0 Å². The normalized spacial score (nSPS) is 14.2. The average molecular weight is 184 g/mol. The molecular weight excluding hydrogens is 162 g/mol. The van der Waals surface area contributed by atoms with Crippen LogP contribution >= 0.6 is 0 Å². The molecule has 3 heteroatoms. The van der Waals surface area contributed by atoms with Crippen LogP contribution in [0.1, 0.15) is 40.0 Å². The molecule has 0 heterocycles. The minimum absolute atomic E-state index is 0.808. The summed E-state index contributed by atoms with van der Waals surface area (Å²) < 4.78 is 0. The zero-order valence-corrected chi connectivity index (χ0v) is 9.01. The number of allylic oxidation sites excluding steroid dienone is 1. The Morgan fingerprint density at radius 1 is 1.54 bits per heavy atom. The molecule has 0 bridgehead atoms. The molecule has 0 aliphatic heterocycles. The van der Waals surface area contributed by atoms with Crippen LogP contribution in [0.2, 0.25) is 0 Å². The molecule has 0 rings (SSSR count). The van der Waals surface area contributed by atoms with Crippen LogP contribution in [0.3, 0.4) is 0 Å². The smallest absolute Gasteiger partial charge is 0.116 e. The number of nitrogens with one attached hydrogen (secondary N) is 1. The first-order valence-corrected chi connectivity index (χ1v) is 5.14. The highest BCUT2D eigenvalue weighted by molar-refractivity contribution is 4.89. The van der Waals surface area contributed by atoms with Crippen molar-refractivity contribution in [2.24, 2.45) is 11.0 Å². The van der Waals surface area contributed by atoms with Crippen LogP contribution in [0.25, 0.3) is 0 Å². The van der Waals surface area contributed by atoms with Crippen molar-refractivity contribution >= 4 is 0 Å². The van der Waals surface area contributed by atoms with Crippen molar-refractivity contribution in [3.8, 4) is 0 Å². The van der Waals surface area contributed by atoms with Crippen LogP contribution in [0.15, 0.2) is 17.0 Å².